The molecule has 2 heterocycles. The van der Waals surface area contributed by atoms with Gasteiger partial charge in [0.15, 0.2) is 5.96 Å². The van der Waals surface area contributed by atoms with Crippen molar-refractivity contribution in [3.05, 3.63) is 31.7 Å². The average Bonchev–Trinajstić information content (AvgIpc) is 3.10. The van der Waals surface area contributed by atoms with Crippen LogP contribution in [0.1, 0.15) is 46.0 Å². The standard InChI is InChI=1S/C16H25N5S2/c1-10(2)15-21-13(9-22-15)8-19-16(17-5)18-7-6-14-20-11(3)12(4)23-14/h9-10H,6-8H2,1-5H3,(H2,17,18,19). The lowest BCUT2D eigenvalue weighted by Gasteiger charge is -2.10. The Kier molecular flexibility index (Phi) is 6.53. The Morgan fingerprint density at radius 1 is 1.26 bits per heavy atom. The minimum atomic E-state index is 0.483. The molecule has 0 saturated heterocycles. The molecule has 0 amide bonds. The molecule has 0 radical (unpaired) electrons. The Morgan fingerprint density at radius 3 is 2.61 bits per heavy atom. The lowest BCUT2D eigenvalue weighted by Crippen LogP contribution is -2.37. The summed E-state index contributed by atoms with van der Waals surface area (Å²) in [5, 5.41) is 11.1. The maximum absolute atomic E-state index is 4.62. The second-order valence-corrected chi connectivity index (χ2v) is 7.86. The van der Waals surface area contributed by atoms with E-state index in [2.05, 4.69) is 58.7 Å². The van der Waals surface area contributed by atoms with Crippen LogP contribution in [0.3, 0.4) is 0 Å². The molecule has 0 bridgehead atoms. The van der Waals surface area contributed by atoms with Crippen LogP contribution in [0.5, 0.6) is 0 Å². The number of nitrogens with zero attached hydrogens (tertiary/aromatic N) is 3. The van der Waals surface area contributed by atoms with Gasteiger partial charge >= 0.3 is 0 Å². The summed E-state index contributed by atoms with van der Waals surface area (Å²) in [5.41, 5.74) is 2.20. The molecule has 5 nitrogen and oxygen atoms in total. The molecule has 2 aromatic heterocycles. The topological polar surface area (TPSA) is 62.2 Å². The molecule has 0 aromatic carbocycles. The normalized spacial score (nSPS) is 12.0. The van der Waals surface area contributed by atoms with Crippen molar-refractivity contribution in [3.8, 4) is 0 Å². The summed E-state index contributed by atoms with van der Waals surface area (Å²) in [6.45, 7) is 10.0. The first-order valence-corrected chi connectivity index (χ1v) is 9.51. The van der Waals surface area contributed by atoms with Gasteiger partial charge in [-0.25, -0.2) is 9.97 Å². The van der Waals surface area contributed by atoms with Gasteiger partial charge in [-0.3, -0.25) is 4.99 Å². The molecule has 0 aliphatic carbocycles. The van der Waals surface area contributed by atoms with Gasteiger partial charge in [-0.05, 0) is 13.8 Å². The van der Waals surface area contributed by atoms with Gasteiger partial charge in [0.25, 0.3) is 0 Å². The number of thiazole rings is 2. The van der Waals surface area contributed by atoms with Crippen molar-refractivity contribution in [1.29, 1.82) is 0 Å². The van der Waals surface area contributed by atoms with Crippen LogP contribution in [-0.4, -0.2) is 29.5 Å². The van der Waals surface area contributed by atoms with E-state index in [4.69, 9.17) is 0 Å². The van der Waals surface area contributed by atoms with E-state index in [0.717, 1.165) is 30.3 Å². The summed E-state index contributed by atoms with van der Waals surface area (Å²) < 4.78 is 0. The number of guanidine groups is 1. The second-order valence-electron chi connectivity index (χ2n) is 5.68. The van der Waals surface area contributed by atoms with Gasteiger partial charge in [-0.15, -0.1) is 22.7 Å². The zero-order valence-corrected chi connectivity index (χ0v) is 16.1. The summed E-state index contributed by atoms with van der Waals surface area (Å²) in [6.07, 6.45) is 0.911. The van der Waals surface area contributed by atoms with Gasteiger partial charge in [0.05, 0.1) is 27.9 Å². The fourth-order valence-electron chi connectivity index (χ4n) is 2.00. The molecule has 0 saturated carbocycles. The lowest BCUT2D eigenvalue weighted by molar-refractivity contribution is 0.774. The first kappa shape index (κ1) is 17.9. The molecule has 2 rings (SSSR count). The smallest absolute Gasteiger partial charge is 0.191 e. The third-order valence-electron chi connectivity index (χ3n) is 3.43. The third-order valence-corrected chi connectivity index (χ3v) is 5.75. The van der Waals surface area contributed by atoms with Gasteiger partial charge in [0, 0.05) is 36.2 Å². The highest BCUT2D eigenvalue weighted by Crippen LogP contribution is 2.19. The molecule has 0 unspecified atom stereocenters. The predicted molar refractivity (Wildman–Crippen MR) is 99.7 cm³/mol. The summed E-state index contributed by atoms with van der Waals surface area (Å²) in [4.78, 5) is 14.7. The molecule has 0 aliphatic heterocycles. The van der Waals surface area contributed by atoms with Crippen molar-refractivity contribution in [2.24, 2.45) is 4.99 Å². The zero-order valence-electron chi connectivity index (χ0n) is 14.4. The van der Waals surface area contributed by atoms with E-state index < -0.39 is 0 Å². The van der Waals surface area contributed by atoms with E-state index >= 15 is 0 Å². The molecular weight excluding hydrogens is 326 g/mol. The number of aliphatic imine (C=N–C) groups is 1. The van der Waals surface area contributed by atoms with E-state index in [1.807, 2.05) is 0 Å². The van der Waals surface area contributed by atoms with Gasteiger partial charge in [0.2, 0.25) is 0 Å². The number of aromatic nitrogens is 2. The quantitative estimate of drug-likeness (QED) is 0.619. The maximum atomic E-state index is 4.62. The van der Waals surface area contributed by atoms with Crippen LogP contribution in [0.2, 0.25) is 0 Å². The van der Waals surface area contributed by atoms with Gasteiger partial charge in [-0.1, -0.05) is 13.8 Å². The number of hydrogen-bond acceptors (Lipinski definition) is 5. The molecule has 126 valence electrons. The fourth-order valence-corrected chi connectivity index (χ4v) is 3.77. The first-order chi connectivity index (χ1) is 11.0. The highest BCUT2D eigenvalue weighted by Gasteiger charge is 2.07. The van der Waals surface area contributed by atoms with Crippen LogP contribution >= 0.6 is 22.7 Å². The fraction of sp³-hybridized carbons (Fsp3) is 0.562. The van der Waals surface area contributed by atoms with Crippen molar-refractivity contribution in [2.45, 2.75) is 46.6 Å². The van der Waals surface area contributed by atoms with Gasteiger partial charge in [0.1, 0.15) is 0 Å². The monoisotopic (exact) mass is 351 g/mol. The number of nitrogens with one attached hydrogen (secondary N) is 2. The number of rotatable bonds is 6. The molecule has 23 heavy (non-hydrogen) atoms. The van der Waals surface area contributed by atoms with Gasteiger partial charge in [-0.2, -0.15) is 0 Å². The van der Waals surface area contributed by atoms with Crippen molar-refractivity contribution < 1.29 is 0 Å². The predicted octanol–water partition coefficient (Wildman–Crippen LogP) is 3.25. The Balaban J connectivity index is 1.76. The molecule has 7 heteroatoms. The largest absolute Gasteiger partial charge is 0.356 e. The van der Waals surface area contributed by atoms with E-state index in [0.29, 0.717) is 12.5 Å². The van der Waals surface area contributed by atoms with E-state index in [1.54, 1.807) is 29.7 Å². The Labute approximate surface area is 146 Å². The molecule has 2 aromatic rings. The molecular formula is C16H25N5S2. The maximum Gasteiger partial charge on any atom is 0.191 e. The summed E-state index contributed by atoms with van der Waals surface area (Å²) in [7, 11) is 1.79. The van der Waals surface area contributed by atoms with Crippen molar-refractivity contribution in [2.75, 3.05) is 13.6 Å². The SMILES string of the molecule is CN=C(NCCc1nc(C)c(C)s1)NCc1csc(C(C)C)n1. The summed E-state index contributed by atoms with van der Waals surface area (Å²) in [5.74, 6) is 1.28. The molecule has 0 fully saturated rings. The van der Waals surface area contributed by atoms with Crippen LogP contribution < -0.4 is 10.6 Å². The van der Waals surface area contributed by atoms with Gasteiger partial charge < -0.3 is 10.6 Å². The molecule has 0 spiro atoms. The Bertz CT molecular complexity index is 638. The first-order valence-electron chi connectivity index (χ1n) is 7.81. The van der Waals surface area contributed by atoms with Crippen molar-refractivity contribution in [1.82, 2.24) is 20.6 Å². The number of aryl methyl sites for hydroxylation is 2. The van der Waals surface area contributed by atoms with E-state index in [1.165, 1.54) is 14.9 Å². The van der Waals surface area contributed by atoms with Crippen LogP contribution in [0.4, 0.5) is 0 Å². The minimum absolute atomic E-state index is 0.483. The highest BCUT2D eigenvalue weighted by molar-refractivity contribution is 7.11. The minimum Gasteiger partial charge on any atom is -0.356 e. The van der Waals surface area contributed by atoms with E-state index in [9.17, 15) is 0 Å². The van der Waals surface area contributed by atoms with E-state index in [-0.39, 0.29) is 0 Å². The summed E-state index contributed by atoms with van der Waals surface area (Å²) in [6, 6.07) is 0. The number of hydrogen-bond donors (Lipinski definition) is 2. The molecule has 2 N–H and O–H groups in total. The van der Waals surface area contributed by atoms with Crippen LogP contribution in [0.15, 0.2) is 10.4 Å². The lowest BCUT2D eigenvalue weighted by atomic mass is 10.2. The van der Waals surface area contributed by atoms with Crippen LogP contribution in [0.25, 0.3) is 0 Å². The third kappa shape index (κ3) is 5.28. The Morgan fingerprint density at radius 2 is 2.04 bits per heavy atom. The molecule has 0 atom stereocenters. The van der Waals surface area contributed by atoms with Crippen LogP contribution in [0, 0.1) is 13.8 Å². The Hall–Kier alpha value is -1.47. The average molecular weight is 352 g/mol. The van der Waals surface area contributed by atoms with Crippen molar-refractivity contribution in [3.63, 3.8) is 0 Å². The summed E-state index contributed by atoms with van der Waals surface area (Å²) >= 11 is 3.49. The van der Waals surface area contributed by atoms with Crippen LogP contribution in [-0.2, 0) is 13.0 Å². The molecule has 0 aliphatic rings. The zero-order chi connectivity index (χ0) is 16.8. The van der Waals surface area contributed by atoms with Crippen molar-refractivity contribution >= 4 is 28.6 Å². The second kappa shape index (κ2) is 8.40. The highest BCUT2D eigenvalue weighted by atomic mass is 32.1.